The van der Waals surface area contributed by atoms with E-state index < -0.39 is 0 Å². The van der Waals surface area contributed by atoms with E-state index in [0.29, 0.717) is 17.5 Å². The maximum absolute atomic E-state index is 6.60. The van der Waals surface area contributed by atoms with Gasteiger partial charge in [0.15, 0.2) is 17.5 Å². The lowest BCUT2D eigenvalue weighted by atomic mass is 10.0. The molecule has 0 atom stereocenters. The number of pyridine rings is 1. The van der Waals surface area contributed by atoms with Crippen molar-refractivity contribution in [1.82, 2.24) is 24.5 Å². The summed E-state index contributed by atoms with van der Waals surface area (Å²) in [5.74, 6) is 1.72. The van der Waals surface area contributed by atoms with E-state index in [-0.39, 0.29) is 0 Å². The molecule has 0 fully saturated rings. The number of nitrogens with zero attached hydrogens (tertiary/aromatic N) is 5. The number of hydrogen-bond acceptors (Lipinski definition) is 5. The van der Waals surface area contributed by atoms with Crippen LogP contribution in [0.15, 0.2) is 168 Å². The highest BCUT2D eigenvalue weighted by Gasteiger charge is 2.20. The molecule has 0 saturated heterocycles. The smallest absolute Gasteiger partial charge is 0.165 e. The molecule has 10 rings (SSSR count). The first-order valence-corrected chi connectivity index (χ1v) is 16.5. The SMILES string of the molecule is c1ccc(-c2ccc(-c3nc(-c4cccnc4)nc(-c4cccc5oc6cc7c(cc6c45)c4ccccc4n7-c4ccccc4)n3)cc2)cc1. The molecule has 50 heavy (non-hydrogen) atoms. The summed E-state index contributed by atoms with van der Waals surface area (Å²) in [6, 6.07) is 52.1. The van der Waals surface area contributed by atoms with Crippen LogP contribution in [-0.4, -0.2) is 24.5 Å². The minimum atomic E-state index is 0.559. The fourth-order valence-corrected chi connectivity index (χ4v) is 7.02. The molecule has 0 saturated carbocycles. The van der Waals surface area contributed by atoms with Crippen LogP contribution in [-0.2, 0) is 0 Å². The Hall–Kier alpha value is -6.92. The molecule has 0 bridgehead atoms. The average Bonchev–Trinajstić information content (AvgIpc) is 3.72. The number of aromatic nitrogens is 5. The lowest BCUT2D eigenvalue weighted by Crippen LogP contribution is -2.00. The standard InChI is InChI=1S/C44H27N5O/c1-3-11-28(12-4-1)29-20-22-30(23-21-29)42-46-43(31-13-10-24-45-27-31)48-44(47-42)34-17-9-19-39-41(34)36-25-35-33-16-7-8-18-37(33)49(32-14-5-2-6-15-32)38(35)26-40(36)50-39/h1-27H. The van der Waals surface area contributed by atoms with E-state index in [0.717, 1.165) is 71.9 Å². The second-order valence-electron chi connectivity index (χ2n) is 12.3. The summed E-state index contributed by atoms with van der Waals surface area (Å²) >= 11 is 0. The number of furan rings is 1. The maximum Gasteiger partial charge on any atom is 0.165 e. The second-order valence-corrected chi connectivity index (χ2v) is 12.3. The molecule has 0 aliphatic heterocycles. The Kier molecular flexibility index (Phi) is 6.39. The highest BCUT2D eigenvalue weighted by Crippen LogP contribution is 2.41. The molecule has 6 nitrogen and oxygen atoms in total. The first kappa shape index (κ1) is 28.1. The normalized spacial score (nSPS) is 11.6. The number of fused-ring (bicyclic) bond motifs is 6. The number of benzene rings is 6. The predicted octanol–water partition coefficient (Wildman–Crippen LogP) is 10.9. The van der Waals surface area contributed by atoms with Crippen molar-refractivity contribution in [2.24, 2.45) is 0 Å². The van der Waals surface area contributed by atoms with Gasteiger partial charge in [-0.1, -0.05) is 103 Å². The molecule has 0 unspecified atom stereocenters. The van der Waals surface area contributed by atoms with Gasteiger partial charge in [-0.2, -0.15) is 0 Å². The Morgan fingerprint density at radius 2 is 1.12 bits per heavy atom. The molecule has 0 aliphatic carbocycles. The average molecular weight is 642 g/mol. The third-order valence-electron chi connectivity index (χ3n) is 9.35. The maximum atomic E-state index is 6.60. The van der Waals surface area contributed by atoms with Gasteiger partial charge in [0.05, 0.1) is 11.0 Å². The third-order valence-corrected chi connectivity index (χ3v) is 9.35. The van der Waals surface area contributed by atoms with Gasteiger partial charge in [0.2, 0.25) is 0 Å². The topological polar surface area (TPSA) is 69.6 Å². The summed E-state index contributed by atoms with van der Waals surface area (Å²) in [5, 5.41) is 4.31. The minimum absolute atomic E-state index is 0.559. The Balaban J connectivity index is 1.20. The van der Waals surface area contributed by atoms with Gasteiger partial charge in [-0.3, -0.25) is 4.98 Å². The van der Waals surface area contributed by atoms with Crippen LogP contribution in [0.5, 0.6) is 0 Å². The van der Waals surface area contributed by atoms with Crippen LogP contribution in [0.2, 0.25) is 0 Å². The van der Waals surface area contributed by atoms with E-state index in [4.69, 9.17) is 19.4 Å². The van der Waals surface area contributed by atoms with Crippen molar-refractivity contribution in [3.05, 3.63) is 164 Å². The fourth-order valence-electron chi connectivity index (χ4n) is 7.02. The summed E-state index contributed by atoms with van der Waals surface area (Å²) < 4.78 is 8.91. The largest absolute Gasteiger partial charge is 0.456 e. The van der Waals surface area contributed by atoms with Crippen molar-refractivity contribution in [3.8, 4) is 51.0 Å². The van der Waals surface area contributed by atoms with E-state index >= 15 is 0 Å². The molecule has 6 heteroatoms. The van der Waals surface area contributed by atoms with Gasteiger partial charge in [0, 0.05) is 62.4 Å². The Morgan fingerprint density at radius 3 is 1.92 bits per heavy atom. The summed E-state index contributed by atoms with van der Waals surface area (Å²) in [5.41, 5.74) is 9.80. The molecule has 0 spiro atoms. The van der Waals surface area contributed by atoms with Crippen LogP contribution >= 0.6 is 0 Å². The van der Waals surface area contributed by atoms with Crippen molar-refractivity contribution in [1.29, 1.82) is 0 Å². The fraction of sp³-hybridized carbons (Fsp3) is 0. The molecule has 234 valence electrons. The molecule has 4 heterocycles. The van der Waals surface area contributed by atoms with E-state index in [9.17, 15) is 0 Å². The first-order chi connectivity index (χ1) is 24.8. The highest BCUT2D eigenvalue weighted by atomic mass is 16.3. The highest BCUT2D eigenvalue weighted by molar-refractivity contribution is 6.19. The molecular formula is C44H27N5O. The van der Waals surface area contributed by atoms with Gasteiger partial charge >= 0.3 is 0 Å². The van der Waals surface area contributed by atoms with Crippen LogP contribution < -0.4 is 0 Å². The predicted molar refractivity (Wildman–Crippen MR) is 201 cm³/mol. The Labute approximate surface area is 287 Å². The number of para-hydroxylation sites is 2. The zero-order valence-electron chi connectivity index (χ0n) is 26.7. The van der Waals surface area contributed by atoms with Crippen molar-refractivity contribution in [2.75, 3.05) is 0 Å². The number of hydrogen-bond donors (Lipinski definition) is 0. The molecule has 6 aromatic carbocycles. The van der Waals surface area contributed by atoms with Crippen LogP contribution in [0.4, 0.5) is 0 Å². The van der Waals surface area contributed by atoms with Gasteiger partial charge in [-0.05, 0) is 53.6 Å². The monoisotopic (exact) mass is 641 g/mol. The Morgan fingerprint density at radius 1 is 0.440 bits per heavy atom. The van der Waals surface area contributed by atoms with E-state index in [1.54, 1.807) is 12.4 Å². The lowest BCUT2D eigenvalue weighted by Gasteiger charge is -2.10. The molecule has 0 amide bonds. The quantitative estimate of drug-likeness (QED) is 0.187. The molecule has 0 radical (unpaired) electrons. The van der Waals surface area contributed by atoms with E-state index in [2.05, 4.69) is 113 Å². The molecule has 0 N–H and O–H groups in total. The van der Waals surface area contributed by atoms with Crippen molar-refractivity contribution < 1.29 is 4.42 Å². The van der Waals surface area contributed by atoms with Gasteiger partial charge in [-0.15, -0.1) is 0 Å². The van der Waals surface area contributed by atoms with Crippen molar-refractivity contribution >= 4 is 43.7 Å². The summed E-state index contributed by atoms with van der Waals surface area (Å²) in [6.45, 7) is 0. The summed E-state index contributed by atoms with van der Waals surface area (Å²) in [6.07, 6.45) is 3.54. The van der Waals surface area contributed by atoms with Gasteiger partial charge in [0.25, 0.3) is 0 Å². The second kappa shape index (κ2) is 11.4. The molecule has 4 aromatic heterocycles. The van der Waals surface area contributed by atoms with Gasteiger partial charge in [0.1, 0.15) is 11.2 Å². The molecule has 0 aliphatic rings. The molecular weight excluding hydrogens is 615 g/mol. The Bertz CT molecular complexity index is 2840. The van der Waals surface area contributed by atoms with E-state index in [1.165, 1.54) is 5.39 Å². The molecule has 10 aromatic rings. The summed E-state index contributed by atoms with van der Waals surface area (Å²) in [7, 11) is 0. The zero-order valence-corrected chi connectivity index (χ0v) is 26.7. The third kappa shape index (κ3) is 4.58. The van der Waals surface area contributed by atoms with Crippen LogP contribution in [0.1, 0.15) is 0 Å². The summed E-state index contributed by atoms with van der Waals surface area (Å²) in [4.78, 5) is 19.5. The van der Waals surface area contributed by atoms with Gasteiger partial charge in [-0.25, -0.2) is 15.0 Å². The number of rotatable bonds is 5. The lowest BCUT2D eigenvalue weighted by molar-refractivity contribution is 0.669. The van der Waals surface area contributed by atoms with Crippen LogP contribution in [0, 0.1) is 0 Å². The van der Waals surface area contributed by atoms with Crippen molar-refractivity contribution in [2.45, 2.75) is 0 Å². The van der Waals surface area contributed by atoms with Crippen LogP contribution in [0.25, 0.3) is 94.7 Å². The first-order valence-electron chi connectivity index (χ1n) is 16.5. The zero-order chi connectivity index (χ0) is 33.0. The van der Waals surface area contributed by atoms with Gasteiger partial charge < -0.3 is 8.98 Å². The van der Waals surface area contributed by atoms with Crippen LogP contribution in [0.3, 0.4) is 0 Å². The van der Waals surface area contributed by atoms with Crippen molar-refractivity contribution in [3.63, 3.8) is 0 Å². The minimum Gasteiger partial charge on any atom is -0.456 e. The van der Waals surface area contributed by atoms with E-state index in [1.807, 2.05) is 48.5 Å².